The van der Waals surface area contributed by atoms with E-state index in [4.69, 9.17) is 23.7 Å². The molecule has 4 saturated carbocycles. The number of ether oxygens (including phenoxy) is 5. The molecule has 3 aliphatic heterocycles. The van der Waals surface area contributed by atoms with Gasteiger partial charge in [0.1, 0.15) is 37.1 Å². The van der Waals surface area contributed by atoms with Crippen molar-refractivity contribution >= 4 is 5.97 Å². The fourth-order valence-electron chi connectivity index (χ4n) is 11.5. The van der Waals surface area contributed by atoms with Crippen molar-refractivity contribution in [3.05, 3.63) is 11.6 Å². The normalized spacial score (nSPS) is 53.8. The molecule has 17 atom stereocenters. The molecule has 17 unspecified atom stereocenters. The fraction of sp³-hybridized carbons (Fsp3) is 0.914. The molecule has 7 N–H and O–H groups in total. The van der Waals surface area contributed by atoms with Crippen molar-refractivity contribution in [3.8, 4) is 0 Å². The van der Waals surface area contributed by atoms with E-state index in [-0.39, 0.29) is 59.6 Å². The summed E-state index contributed by atoms with van der Waals surface area (Å²) in [6, 6.07) is 0. The lowest BCUT2D eigenvalue weighted by molar-refractivity contribution is -0.344. The zero-order chi connectivity index (χ0) is 34.2. The van der Waals surface area contributed by atoms with Gasteiger partial charge in [0, 0.05) is 24.5 Å². The third-order valence-corrected chi connectivity index (χ3v) is 14.1. The van der Waals surface area contributed by atoms with Crippen LogP contribution in [0.5, 0.6) is 0 Å². The molecule has 0 aromatic carbocycles. The van der Waals surface area contributed by atoms with E-state index in [1.165, 1.54) is 0 Å². The predicted molar refractivity (Wildman–Crippen MR) is 166 cm³/mol. The van der Waals surface area contributed by atoms with Gasteiger partial charge in [0.25, 0.3) is 0 Å². The third kappa shape index (κ3) is 5.51. The Kier molecular flexibility index (Phi) is 9.58. The van der Waals surface area contributed by atoms with Crippen molar-refractivity contribution in [3.63, 3.8) is 0 Å². The molecule has 0 amide bonds. The summed E-state index contributed by atoms with van der Waals surface area (Å²) >= 11 is 0. The molecule has 4 aliphatic carbocycles. The Bertz CT molecular complexity index is 1220. The summed E-state index contributed by atoms with van der Waals surface area (Å²) in [7, 11) is 0. The van der Waals surface area contributed by atoms with E-state index in [1.807, 2.05) is 0 Å². The van der Waals surface area contributed by atoms with Crippen molar-refractivity contribution in [1.82, 2.24) is 0 Å². The quantitative estimate of drug-likeness (QED) is 0.143. The summed E-state index contributed by atoms with van der Waals surface area (Å²) < 4.78 is 29.1. The van der Waals surface area contributed by atoms with Crippen LogP contribution in [0.25, 0.3) is 0 Å². The Hall–Kier alpha value is -1.23. The molecule has 272 valence electrons. The molecule has 0 radical (unpaired) electrons. The highest BCUT2D eigenvalue weighted by atomic mass is 16.7. The molecule has 7 aliphatic rings. The highest BCUT2D eigenvalue weighted by molar-refractivity contribution is 5.85. The molecule has 3 heterocycles. The molecule has 0 spiro atoms. The number of carbonyl (C=O) groups excluding carboxylic acids is 1. The lowest BCUT2D eigenvalue weighted by Gasteiger charge is -2.64. The number of esters is 1. The zero-order valence-corrected chi connectivity index (χ0v) is 27.9. The Labute approximate surface area is 281 Å². The highest BCUT2D eigenvalue weighted by Gasteiger charge is 2.68. The van der Waals surface area contributed by atoms with Crippen LogP contribution in [0.1, 0.15) is 78.1 Å². The minimum Gasteiger partial charge on any atom is -0.458 e. The third-order valence-electron chi connectivity index (χ3n) is 14.1. The minimum absolute atomic E-state index is 0.0713. The first-order valence-electron chi connectivity index (χ1n) is 18.0. The maximum Gasteiger partial charge on any atom is 0.331 e. The van der Waals surface area contributed by atoms with Gasteiger partial charge in [0.15, 0.2) is 12.6 Å². The number of rotatable bonds is 7. The number of carbonyl (C=O) groups is 1. The van der Waals surface area contributed by atoms with E-state index in [0.717, 1.165) is 56.9 Å². The molecular weight excluding hydrogens is 628 g/mol. The molecule has 48 heavy (non-hydrogen) atoms. The Morgan fingerprint density at radius 2 is 1.69 bits per heavy atom. The van der Waals surface area contributed by atoms with Gasteiger partial charge in [-0.25, -0.2) is 4.79 Å². The van der Waals surface area contributed by atoms with Crippen molar-refractivity contribution in [2.24, 2.45) is 34.5 Å². The van der Waals surface area contributed by atoms with Crippen molar-refractivity contribution in [1.29, 1.82) is 0 Å². The average Bonchev–Trinajstić information content (AvgIpc) is 3.61. The van der Waals surface area contributed by atoms with Gasteiger partial charge in [0.05, 0.1) is 30.5 Å². The SMILES string of the molecule is CC1OC(OC2CCC3(CO)C(CCC4C3CCC3(C)C(C5=CC(=O)OC5)CCC43O)C2)CC(O)C1OC1OC(CO)C(O)C(O)C1O. The first-order chi connectivity index (χ1) is 22.8. The summed E-state index contributed by atoms with van der Waals surface area (Å²) in [4.78, 5) is 11.9. The topological polar surface area (TPSA) is 205 Å². The van der Waals surface area contributed by atoms with Crippen molar-refractivity contribution < 1.29 is 64.2 Å². The molecule has 7 rings (SSSR count). The van der Waals surface area contributed by atoms with Gasteiger partial charge in [-0.1, -0.05) is 6.92 Å². The zero-order valence-electron chi connectivity index (χ0n) is 27.9. The van der Waals surface area contributed by atoms with E-state index in [0.29, 0.717) is 13.0 Å². The van der Waals surface area contributed by atoms with E-state index in [2.05, 4.69) is 6.92 Å². The highest BCUT2D eigenvalue weighted by Crippen LogP contribution is 2.70. The smallest absolute Gasteiger partial charge is 0.331 e. The lowest BCUT2D eigenvalue weighted by atomic mass is 9.43. The first-order valence-corrected chi connectivity index (χ1v) is 18.0. The van der Waals surface area contributed by atoms with Gasteiger partial charge < -0.3 is 59.4 Å². The lowest BCUT2D eigenvalue weighted by Crippen LogP contribution is -2.64. The molecule has 0 bridgehead atoms. The predicted octanol–water partition coefficient (Wildman–Crippen LogP) is 0.282. The van der Waals surface area contributed by atoms with Crippen LogP contribution in [0, 0.1) is 34.5 Å². The Morgan fingerprint density at radius 3 is 2.38 bits per heavy atom. The van der Waals surface area contributed by atoms with E-state index in [9.17, 15) is 40.5 Å². The molecule has 2 saturated heterocycles. The summed E-state index contributed by atoms with van der Waals surface area (Å²) in [6.45, 7) is 3.73. The summed E-state index contributed by atoms with van der Waals surface area (Å²) in [6.07, 6.45) is -1.55. The second-order valence-corrected chi connectivity index (χ2v) is 16.1. The van der Waals surface area contributed by atoms with Crippen LogP contribution >= 0.6 is 0 Å². The van der Waals surface area contributed by atoms with Gasteiger partial charge >= 0.3 is 5.97 Å². The van der Waals surface area contributed by atoms with Crippen molar-refractivity contribution in [2.75, 3.05) is 19.8 Å². The van der Waals surface area contributed by atoms with Crippen LogP contribution < -0.4 is 0 Å². The minimum atomic E-state index is -1.59. The van der Waals surface area contributed by atoms with Crippen molar-refractivity contribution in [2.45, 2.75) is 145 Å². The molecular formula is C35H54O13. The molecule has 0 aromatic heterocycles. The van der Waals surface area contributed by atoms with Gasteiger partial charge in [-0.15, -0.1) is 0 Å². The van der Waals surface area contributed by atoms with E-state index in [1.54, 1.807) is 13.0 Å². The molecule has 13 heteroatoms. The monoisotopic (exact) mass is 682 g/mol. The van der Waals surface area contributed by atoms with Gasteiger partial charge in [0.2, 0.25) is 0 Å². The number of aliphatic hydroxyl groups excluding tert-OH is 6. The maximum atomic E-state index is 12.5. The number of hydrogen-bond donors (Lipinski definition) is 7. The number of aliphatic hydroxyl groups is 7. The van der Waals surface area contributed by atoms with Gasteiger partial charge in [-0.2, -0.15) is 0 Å². The van der Waals surface area contributed by atoms with Gasteiger partial charge in [-0.3, -0.25) is 0 Å². The summed E-state index contributed by atoms with van der Waals surface area (Å²) in [5.74, 6) is 0.337. The van der Waals surface area contributed by atoms with E-state index < -0.39 is 67.5 Å². The molecule has 13 nitrogen and oxygen atoms in total. The van der Waals surface area contributed by atoms with Crippen LogP contribution in [-0.2, 0) is 28.5 Å². The Morgan fingerprint density at radius 1 is 0.896 bits per heavy atom. The van der Waals surface area contributed by atoms with Crippen LogP contribution in [0.2, 0.25) is 0 Å². The van der Waals surface area contributed by atoms with E-state index >= 15 is 0 Å². The largest absolute Gasteiger partial charge is 0.458 e. The fourth-order valence-corrected chi connectivity index (χ4v) is 11.5. The Balaban J connectivity index is 0.976. The maximum absolute atomic E-state index is 12.5. The summed E-state index contributed by atoms with van der Waals surface area (Å²) in [5.41, 5.74) is -0.480. The number of cyclic esters (lactones) is 1. The van der Waals surface area contributed by atoms with Crippen LogP contribution in [0.15, 0.2) is 11.6 Å². The van der Waals surface area contributed by atoms with Gasteiger partial charge in [-0.05, 0) is 99.4 Å². The number of hydrogen-bond acceptors (Lipinski definition) is 13. The second-order valence-electron chi connectivity index (χ2n) is 16.1. The van der Waals surface area contributed by atoms with Crippen LogP contribution in [0.4, 0.5) is 0 Å². The first kappa shape index (κ1) is 35.2. The average molecular weight is 683 g/mol. The number of fused-ring (bicyclic) bond motifs is 5. The van der Waals surface area contributed by atoms with Crippen LogP contribution in [0.3, 0.4) is 0 Å². The van der Waals surface area contributed by atoms with Crippen LogP contribution in [-0.4, -0.2) is 129 Å². The standard InChI is InChI=1S/C35H54O13/c1-17-31(48-32-30(42)29(41)28(40)25(14-36)47-32)24(38)13-27(45-17)46-20-5-9-34(16-37)19(12-20)3-4-23-22(34)6-8-33(2)21(7-10-35(23,33)43)18-11-26(39)44-15-18/h11,17,19-25,27-32,36-38,40-43H,3-10,12-16H2,1-2H3. The molecule has 0 aromatic rings. The summed E-state index contributed by atoms with van der Waals surface area (Å²) in [5, 5.41) is 74.7. The molecule has 6 fully saturated rings. The second kappa shape index (κ2) is 13.1.